The molecule has 2 aliphatic rings. The molecule has 1 unspecified atom stereocenters. The third kappa shape index (κ3) is 4.24. The number of barbiturate groups is 1. The van der Waals surface area contributed by atoms with Gasteiger partial charge in [0.05, 0.1) is 19.9 Å². The molecule has 2 aromatic rings. The first-order valence-electron chi connectivity index (χ1n) is 11.7. The Labute approximate surface area is 205 Å². The maximum atomic E-state index is 13.4. The second-order valence-electron chi connectivity index (χ2n) is 9.48. The summed E-state index contributed by atoms with van der Waals surface area (Å²) in [4.78, 5) is 42.0. The van der Waals surface area contributed by atoms with E-state index in [1.165, 1.54) is 25.9 Å². The Morgan fingerprint density at radius 2 is 1.77 bits per heavy atom. The largest absolute Gasteiger partial charge is 0.497 e. The predicted molar refractivity (Wildman–Crippen MR) is 135 cm³/mol. The van der Waals surface area contributed by atoms with Crippen molar-refractivity contribution in [1.29, 1.82) is 0 Å². The van der Waals surface area contributed by atoms with Gasteiger partial charge in [0, 0.05) is 23.8 Å². The standard InChI is InChI=1S/C27H31N3O5/c1-7-29-21-10-8-17(12-19(21)16(2)15-27(29,3)4)13-20-24(31)28-26(33)30(25(20)32)22-11-9-18(34-5)14-23(22)35-6/h8-14,16H,7,15H2,1-6H3,(H,28,31,33)/b20-13-. The maximum Gasteiger partial charge on any atom is 0.336 e. The van der Waals surface area contributed by atoms with Crippen LogP contribution in [0.4, 0.5) is 16.2 Å². The van der Waals surface area contributed by atoms with Gasteiger partial charge in [0.25, 0.3) is 11.8 Å². The average molecular weight is 478 g/mol. The molecule has 0 aromatic heterocycles. The van der Waals surface area contributed by atoms with Crippen LogP contribution in [0.25, 0.3) is 6.08 Å². The Bertz CT molecular complexity index is 1230. The van der Waals surface area contributed by atoms with Crippen molar-refractivity contribution in [2.45, 2.75) is 45.6 Å². The Morgan fingerprint density at radius 3 is 2.43 bits per heavy atom. The Hall–Kier alpha value is -3.81. The molecule has 2 aliphatic heterocycles. The highest BCUT2D eigenvalue weighted by molar-refractivity contribution is 6.39. The van der Waals surface area contributed by atoms with Crippen LogP contribution < -0.4 is 24.6 Å². The maximum absolute atomic E-state index is 13.4. The molecule has 4 rings (SSSR count). The lowest BCUT2D eigenvalue weighted by atomic mass is 9.79. The van der Waals surface area contributed by atoms with Crippen LogP contribution in [0.2, 0.25) is 0 Å². The van der Waals surface area contributed by atoms with Crippen molar-refractivity contribution in [2.75, 3.05) is 30.6 Å². The molecule has 8 nitrogen and oxygen atoms in total. The summed E-state index contributed by atoms with van der Waals surface area (Å²) in [5.41, 5.74) is 3.19. The van der Waals surface area contributed by atoms with Crippen molar-refractivity contribution in [2.24, 2.45) is 0 Å². The number of urea groups is 1. The van der Waals surface area contributed by atoms with E-state index in [2.05, 4.69) is 37.9 Å². The lowest BCUT2D eigenvalue weighted by molar-refractivity contribution is -0.122. The van der Waals surface area contributed by atoms with Gasteiger partial charge in [-0.2, -0.15) is 0 Å². The Kier molecular flexibility index (Phi) is 6.32. The van der Waals surface area contributed by atoms with Crippen LogP contribution in [0.15, 0.2) is 42.0 Å². The van der Waals surface area contributed by atoms with E-state index in [9.17, 15) is 14.4 Å². The Morgan fingerprint density at radius 1 is 1.06 bits per heavy atom. The number of carbonyl (C=O) groups excluding carboxylic acids is 3. The molecule has 1 saturated heterocycles. The molecule has 1 atom stereocenters. The fourth-order valence-corrected chi connectivity index (χ4v) is 5.21. The smallest absolute Gasteiger partial charge is 0.336 e. The zero-order valence-electron chi connectivity index (χ0n) is 21.0. The number of amides is 4. The summed E-state index contributed by atoms with van der Waals surface area (Å²) >= 11 is 0. The third-order valence-electron chi connectivity index (χ3n) is 6.77. The van der Waals surface area contributed by atoms with Gasteiger partial charge in [-0.15, -0.1) is 0 Å². The monoisotopic (exact) mass is 477 g/mol. The first kappa shape index (κ1) is 24.3. The highest BCUT2D eigenvalue weighted by Crippen LogP contribution is 2.43. The van der Waals surface area contributed by atoms with E-state index in [0.717, 1.165) is 29.1 Å². The van der Waals surface area contributed by atoms with Crippen LogP contribution in [0.5, 0.6) is 11.5 Å². The van der Waals surface area contributed by atoms with Crippen LogP contribution >= 0.6 is 0 Å². The van der Waals surface area contributed by atoms with E-state index in [1.54, 1.807) is 18.2 Å². The summed E-state index contributed by atoms with van der Waals surface area (Å²) in [5.74, 6) is -0.352. The molecule has 1 fully saturated rings. The SMILES string of the molecule is CCN1c2ccc(/C=C3/C(=O)NC(=O)N(c4ccc(OC)cc4OC)C3=O)cc2C(C)CC1(C)C. The molecule has 1 N–H and O–H groups in total. The van der Waals surface area contributed by atoms with Crippen molar-refractivity contribution >= 4 is 35.3 Å². The van der Waals surface area contributed by atoms with Gasteiger partial charge >= 0.3 is 6.03 Å². The summed E-state index contributed by atoms with van der Waals surface area (Å²) in [6.45, 7) is 9.71. The molecule has 2 heterocycles. The first-order chi connectivity index (χ1) is 16.6. The number of hydrogen-bond donors (Lipinski definition) is 1. The molecule has 0 saturated carbocycles. The van der Waals surface area contributed by atoms with Gasteiger partial charge in [-0.05, 0) is 74.6 Å². The molecule has 8 heteroatoms. The summed E-state index contributed by atoms with van der Waals surface area (Å²) in [6.07, 6.45) is 2.53. The summed E-state index contributed by atoms with van der Waals surface area (Å²) in [7, 11) is 2.94. The molecule has 184 valence electrons. The van der Waals surface area contributed by atoms with Gasteiger partial charge in [0.1, 0.15) is 17.1 Å². The second kappa shape index (κ2) is 9.09. The topological polar surface area (TPSA) is 88.2 Å². The lowest BCUT2D eigenvalue weighted by Crippen LogP contribution is -2.54. The van der Waals surface area contributed by atoms with Crippen molar-refractivity contribution in [1.82, 2.24) is 5.32 Å². The molecule has 35 heavy (non-hydrogen) atoms. The number of methoxy groups -OCH3 is 2. The quantitative estimate of drug-likeness (QED) is 0.505. The van der Waals surface area contributed by atoms with Gasteiger partial charge in [-0.1, -0.05) is 13.0 Å². The van der Waals surface area contributed by atoms with Crippen LogP contribution in [0.3, 0.4) is 0 Å². The van der Waals surface area contributed by atoms with E-state index in [4.69, 9.17) is 9.47 Å². The molecule has 0 spiro atoms. The number of ether oxygens (including phenoxy) is 2. The van der Waals surface area contributed by atoms with Gasteiger partial charge in [0.15, 0.2) is 0 Å². The minimum atomic E-state index is -0.833. The number of rotatable bonds is 5. The zero-order valence-corrected chi connectivity index (χ0v) is 21.0. The van der Waals surface area contributed by atoms with E-state index in [0.29, 0.717) is 11.7 Å². The van der Waals surface area contributed by atoms with Crippen molar-refractivity contribution in [3.8, 4) is 11.5 Å². The normalized spacial score (nSPS) is 20.6. The molecule has 0 aliphatic carbocycles. The molecule has 2 aromatic carbocycles. The van der Waals surface area contributed by atoms with E-state index < -0.39 is 17.8 Å². The van der Waals surface area contributed by atoms with Crippen LogP contribution in [0.1, 0.15) is 51.2 Å². The summed E-state index contributed by atoms with van der Waals surface area (Å²) in [5, 5.41) is 2.27. The van der Waals surface area contributed by atoms with E-state index in [-0.39, 0.29) is 22.5 Å². The Balaban J connectivity index is 1.74. The number of fused-ring (bicyclic) bond motifs is 1. The third-order valence-corrected chi connectivity index (χ3v) is 6.77. The first-order valence-corrected chi connectivity index (χ1v) is 11.7. The van der Waals surface area contributed by atoms with Gasteiger partial charge in [0.2, 0.25) is 0 Å². The van der Waals surface area contributed by atoms with Crippen LogP contribution in [-0.2, 0) is 9.59 Å². The minimum Gasteiger partial charge on any atom is -0.497 e. The number of nitrogens with zero attached hydrogens (tertiary/aromatic N) is 2. The number of anilines is 2. The number of hydrogen-bond acceptors (Lipinski definition) is 6. The molecule has 0 bridgehead atoms. The summed E-state index contributed by atoms with van der Waals surface area (Å²) < 4.78 is 10.6. The lowest BCUT2D eigenvalue weighted by Gasteiger charge is -2.47. The van der Waals surface area contributed by atoms with Crippen LogP contribution in [-0.4, -0.2) is 44.1 Å². The second-order valence-corrected chi connectivity index (χ2v) is 9.48. The number of carbonyl (C=O) groups is 3. The highest BCUT2D eigenvalue weighted by Gasteiger charge is 2.39. The number of benzene rings is 2. The summed E-state index contributed by atoms with van der Waals surface area (Å²) in [6, 6.07) is 9.87. The molecular weight excluding hydrogens is 446 g/mol. The molecular formula is C27H31N3O5. The number of nitrogens with one attached hydrogen (secondary N) is 1. The number of imide groups is 2. The fraction of sp³-hybridized carbons (Fsp3) is 0.370. The predicted octanol–water partition coefficient (Wildman–Crippen LogP) is 4.48. The van der Waals surface area contributed by atoms with Crippen molar-refractivity contribution in [3.63, 3.8) is 0 Å². The minimum absolute atomic E-state index is 0.0403. The molecule has 4 amide bonds. The van der Waals surface area contributed by atoms with E-state index in [1.807, 2.05) is 18.2 Å². The zero-order chi connectivity index (χ0) is 25.5. The highest BCUT2D eigenvalue weighted by atomic mass is 16.5. The average Bonchev–Trinajstić information content (AvgIpc) is 2.81. The van der Waals surface area contributed by atoms with Crippen molar-refractivity contribution < 1.29 is 23.9 Å². The van der Waals surface area contributed by atoms with Crippen LogP contribution in [0, 0.1) is 0 Å². The van der Waals surface area contributed by atoms with Crippen molar-refractivity contribution in [3.05, 3.63) is 53.1 Å². The van der Waals surface area contributed by atoms with E-state index >= 15 is 0 Å². The van der Waals surface area contributed by atoms with Gasteiger partial charge in [-0.25, -0.2) is 9.69 Å². The van der Waals surface area contributed by atoms with Gasteiger partial charge < -0.3 is 14.4 Å². The van der Waals surface area contributed by atoms with Gasteiger partial charge in [-0.3, -0.25) is 14.9 Å². The molecule has 0 radical (unpaired) electrons. The fourth-order valence-electron chi connectivity index (χ4n) is 5.21.